The third-order valence-electron chi connectivity index (χ3n) is 1.83. The van der Waals surface area contributed by atoms with Crippen LogP contribution in [0.5, 0.6) is 0 Å². The minimum absolute atomic E-state index is 1.52. The summed E-state index contributed by atoms with van der Waals surface area (Å²) in [5.74, 6) is -3.05. The van der Waals surface area contributed by atoms with Crippen LogP contribution in [0.15, 0.2) is 0 Å². The first-order chi connectivity index (χ1) is 6.46. The Morgan fingerprint density at radius 1 is 1.00 bits per heavy atom. The van der Waals surface area contributed by atoms with E-state index in [4.69, 9.17) is 0 Å². The Kier molecular flexibility index (Phi) is 2.71. The Balaban J connectivity index is 3.15. The van der Waals surface area contributed by atoms with Crippen LogP contribution >= 0.6 is 0 Å². The van der Waals surface area contributed by atoms with Crippen LogP contribution in [0, 0.1) is 5.92 Å². The smallest absolute Gasteiger partial charge is 0.269 e. The molecule has 1 saturated heterocycles. The lowest BCUT2D eigenvalue weighted by molar-refractivity contribution is -0.212. The molecule has 2 atom stereocenters. The van der Waals surface area contributed by atoms with Gasteiger partial charge in [-0.05, 0) is 0 Å². The van der Waals surface area contributed by atoms with Gasteiger partial charge in [0, 0.05) is 0 Å². The van der Waals surface area contributed by atoms with Crippen LogP contribution < -0.4 is 0 Å². The van der Waals surface area contributed by atoms with Gasteiger partial charge in [0.15, 0.2) is 5.25 Å². The summed E-state index contributed by atoms with van der Waals surface area (Å²) in [6.07, 6.45) is -10.8. The summed E-state index contributed by atoms with van der Waals surface area (Å²) in [4.78, 5) is 0. The second kappa shape index (κ2) is 3.24. The van der Waals surface area contributed by atoms with E-state index in [1.54, 1.807) is 0 Å². The summed E-state index contributed by atoms with van der Waals surface area (Å²) in [6, 6.07) is 0. The molecule has 2 unspecified atom stereocenters. The molecule has 0 amide bonds. The van der Waals surface area contributed by atoms with Crippen molar-refractivity contribution in [2.45, 2.75) is 17.6 Å². The van der Waals surface area contributed by atoms with E-state index < -0.39 is 40.2 Å². The van der Waals surface area contributed by atoms with Crippen LogP contribution in [0.25, 0.3) is 0 Å². The molecule has 1 aliphatic heterocycles. The normalized spacial score (nSPS) is 31.9. The fraction of sp³-hybridized carbons (Fsp3) is 1.00. The fourth-order valence-electron chi connectivity index (χ4n) is 1.19. The van der Waals surface area contributed by atoms with Crippen LogP contribution in [-0.4, -0.2) is 32.6 Å². The minimum Gasteiger partial charge on any atom is -0.269 e. The molecule has 0 bridgehead atoms. The second-order valence-corrected chi connectivity index (χ2v) is 4.62. The third-order valence-corrected chi connectivity index (χ3v) is 3.51. The topological polar surface area (TPSA) is 43.4 Å². The molecule has 0 radical (unpaired) electrons. The zero-order valence-corrected chi connectivity index (χ0v) is 7.58. The Morgan fingerprint density at radius 3 is 1.73 bits per heavy atom. The monoisotopic (exact) mass is 258 g/mol. The van der Waals surface area contributed by atoms with E-state index >= 15 is 0 Å². The lowest BCUT2D eigenvalue weighted by Crippen LogP contribution is -2.44. The molecule has 90 valence electrons. The van der Waals surface area contributed by atoms with Gasteiger partial charge in [-0.1, -0.05) is 0 Å². The molecule has 1 fully saturated rings. The highest BCUT2D eigenvalue weighted by molar-refractivity contribution is 7.87. The number of hydrogen-bond donors (Lipinski definition) is 0. The van der Waals surface area contributed by atoms with E-state index in [-0.39, 0.29) is 0 Å². The van der Waals surface area contributed by atoms with Gasteiger partial charge >= 0.3 is 12.4 Å². The van der Waals surface area contributed by atoms with E-state index in [0.29, 0.717) is 0 Å². The molecule has 0 spiro atoms. The van der Waals surface area contributed by atoms with Crippen molar-refractivity contribution in [1.82, 2.24) is 0 Å². The van der Waals surface area contributed by atoms with E-state index in [0.717, 1.165) is 0 Å². The molecule has 1 rings (SSSR count). The van der Waals surface area contributed by atoms with Gasteiger partial charge in [0.1, 0.15) is 5.92 Å². The SMILES string of the molecule is O=S1(=O)OCC(C(F)(F)F)C1C(F)(F)F. The van der Waals surface area contributed by atoms with Gasteiger partial charge in [0.2, 0.25) is 0 Å². The predicted octanol–water partition coefficient (Wildman–Crippen LogP) is 1.46. The maximum absolute atomic E-state index is 12.1. The maximum Gasteiger partial charge on any atom is 0.408 e. The number of alkyl halides is 6. The van der Waals surface area contributed by atoms with Gasteiger partial charge in [-0.15, -0.1) is 0 Å². The summed E-state index contributed by atoms with van der Waals surface area (Å²) >= 11 is 0. The molecule has 0 aromatic heterocycles. The molecule has 10 heteroatoms. The predicted molar refractivity (Wildman–Crippen MR) is 34.3 cm³/mol. The molecule has 0 aromatic rings. The Labute approximate surface area is 80.1 Å². The fourth-order valence-corrected chi connectivity index (χ4v) is 2.63. The molecule has 0 N–H and O–H groups in total. The zero-order chi connectivity index (χ0) is 12.1. The molecular weight excluding hydrogens is 254 g/mol. The highest BCUT2D eigenvalue weighted by Gasteiger charge is 2.65. The molecule has 0 aromatic carbocycles. The summed E-state index contributed by atoms with van der Waals surface area (Å²) in [5, 5.41) is -3.52. The maximum atomic E-state index is 12.1. The molecular formula is C5H4F6O3S. The van der Waals surface area contributed by atoms with Gasteiger partial charge in [-0.2, -0.15) is 34.8 Å². The Morgan fingerprint density at radius 2 is 1.47 bits per heavy atom. The van der Waals surface area contributed by atoms with Crippen molar-refractivity contribution in [2.24, 2.45) is 5.92 Å². The van der Waals surface area contributed by atoms with Crippen molar-refractivity contribution in [1.29, 1.82) is 0 Å². The molecule has 0 aliphatic carbocycles. The quantitative estimate of drug-likeness (QED) is 0.488. The number of rotatable bonds is 0. The first-order valence-corrected chi connectivity index (χ1v) is 4.95. The van der Waals surface area contributed by atoms with Crippen LogP contribution in [0.3, 0.4) is 0 Å². The highest BCUT2D eigenvalue weighted by atomic mass is 32.2. The van der Waals surface area contributed by atoms with Crippen molar-refractivity contribution in [2.75, 3.05) is 6.61 Å². The standard InChI is InChI=1S/C5H4F6O3S/c6-4(7,8)2-1-14-15(12,13)3(2)5(9,10)11/h2-3H,1H2. The van der Waals surface area contributed by atoms with Crippen molar-refractivity contribution >= 4 is 10.1 Å². The highest BCUT2D eigenvalue weighted by Crippen LogP contribution is 2.44. The van der Waals surface area contributed by atoms with Crippen molar-refractivity contribution in [3.05, 3.63) is 0 Å². The van der Waals surface area contributed by atoms with Crippen LogP contribution in [0.2, 0.25) is 0 Å². The van der Waals surface area contributed by atoms with E-state index in [2.05, 4.69) is 4.18 Å². The molecule has 3 nitrogen and oxygen atoms in total. The summed E-state index contributed by atoms with van der Waals surface area (Å²) < 4.78 is 97.2. The molecule has 0 saturated carbocycles. The minimum atomic E-state index is -5.49. The third kappa shape index (κ3) is 2.36. The van der Waals surface area contributed by atoms with E-state index in [1.165, 1.54) is 0 Å². The van der Waals surface area contributed by atoms with E-state index in [9.17, 15) is 34.8 Å². The van der Waals surface area contributed by atoms with Crippen LogP contribution in [0.1, 0.15) is 0 Å². The Hall–Kier alpha value is -0.510. The van der Waals surface area contributed by atoms with E-state index in [1.807, 2.05) is 0 Å². The first kappa shape index (κ1) is 12.6. The number of halogens is 6. The molecule has 1 aliphatic rings. The lowest BCUT2D eigenvalue weighted by atomic mass is 10.1. The van der Waals surface area contributed by atoms with Gasteiger partial charge in [0.25, 0.3) is 10.1 Å². The van der Waals surface area contributed by atoms with Crippen molar-refractivity contribution in [3.63, 3.8) is 0 Å². The zero-order valence-electron chi connectivity index (χ0n) is 6.76. The van der Waals surface area contributed by atoms with Crippen molar-refractivity contribution < 1.29 is 38.9 Å². The van der Waals surface area contributed by atoms with Crippen molar-refractivity contribution in [3.8, 4) is 0 Å². The summed E-state index contributed by atoms with van der Waals surface area (Å²) in [6.45, 7) is -1.52. The summed E-state index contributed by atoms with van der Waals surface area (Å²) in [7, 11) is -5.22. The first-order valence-electron chi connectivity index (χ1n) is 3.48. The number of hydrogen-bond acceptors (Lipinski definition) is 3. The van der Waals surface area contributed by atoms with Crippen LogP contribution in [-0.2, 0) is 14.3 Å². The average Bonchev–Trinajstić information content (AvgIpc) is 2.21. The van der Waals surface area contributed by atoms with Gasteiger partial charge in [-0.3, -0.25) is 4.18 Å². The largest absolute Gasteiger partial charge is 0.408 e. The Bertz CT molecular complexity index is 341. The molecule has 15 heavy (non-hydrogen) atoms. The molecule has 1 heterocycles. The van der Waals surface area contributed by atoms with Gasteiger partial charge in [0.05, 0.1) is 6.61 Å². The van der Waals surface area contributed by atoms with Gasteiger partial charge < -0.3 is 0 Å². The second-order valence-electron chi connectivity index (χ2n) is 2.89. The average molecular weight is 258 g/mol. The van der Waals surface area contributed by atoms with Crippen LogP contribution in [0.4, 0.5) is 26.3 Å². The van der Waals surface area contributed by atoms with Gasteiger partial charge in [-0.25, -0.2) is 0 Å². The summed E-state index contributed by atoms with van der Waals surface area (Å²) in [5.41, 5.74) is 0. The lowest BCUT2D eigenvalue weighted by Gasteiger charge is -2.20.